The summed E-state index contributed by atoms with van der Waals surface area (Å²) in [7, 11) is 1.65. The maximum atomic E-state index is 12.0. The smallest absolute Gasteiger partial charge is 0.276 e. The molecule has 2 rings (SSSR count). The molecule has 6 nitrogen and oxygen atoms in total. The van der Waals surface area contributed by atoms with Gasteiger partial charge in [0.05, 0.1) is 23.3 Å². The topological polar surface area (TPSA) is 85.8 Å². The van der Waals surface area contributed by atoms with E-state index in [1.807, 2.05) is 0 Å². The van der Waals surface area contributed by atoms with Crippen molar-refractivity contribution in [3.05, 3.63) is 34.9 Å². The number of rotatable bonds is 2. The first-order valence-electron chi connectivity index (χ1n) is 5.21. The van der Waals surface area contributed by atoms with Crippen molar-refractivity contribution in [3.8, 4) is 0 Å². The number of nitrogen functional groups attached to an aromatic ring is 1. The predicted octanol–water partition coefficient (Wildman–Crippen LogP) is 1.61. The Morgan fingerprint density at radius 2 is 2.22 bits per heavy atom. The molecule has 0 radical (unpaired) electrons. The molecular weight excluding hydrogens is 254 g/mol. The van der Waals surface area contributed by atoms with Crippen LogP contribution in [0, 0.1) is 6.92 Å². The molecule has 2 aromatic heterocycles. The molecule has 18 heavy (non-hydrogen) atoms. The van der Waals surface area contributed by atoms with Gasteiger partial charge in [-0.1, -0.05) is 11.6 Å². The molecular formula is C11H12ClN5O. The molecule has 7 heteroatoms. The zero-order chi connectivity index (χ0) is 13.3. The third kappa shape index (κ3) is 2.28. The van der Waals surface area contributed by atoms with Gasteiger partial charge >= 0.3 is 0 Å². The minimum atomic E-state index is -0.334. The quantitative estimate of drug-likeness (QED) is 0.808. The van der Waals surface area contributed by atoms with E-state index in [1.165, 1.54) is 10.9 Å². The van der Waals surface area contributed by atoms with E-state index in [0.29, 0.717) is 27.9 Å². The lowest BCUT2D eigenvalue weighted by Gasteiger charge is -2.08. The lowest BCUT2D eigenvalue weighted by atomic mass is 10.3. The number of hydrogen-bond donors (Lipinski definition) is 2. The van der Waals surface area contributed by atoms with Gasteiger partial charge in [-0.15, -0.1) is 0 Å². The predicted molar refractivity (Wildman–Crippen MR) is 69.6 cm³/mol. The summed E-state index contributed by atoms with van der Waals surface area (Å²) in [5.74, 6) is -0.334. The highest BCUT2D eigenvalue weighted by molar-refractivity contribution is 6.29. The highest BCUT2D eigenvalue weighted by Crippen LogP contribution is 2.18. The Morgan fingerprint density at radius 3 is 2.78 bits per heavy atom. The van der Waals surface area contributed by atoms with Gasteiger partial charge in [-0.2, -0.15) is 5.10 Å². The Balaban J connectivity index is 2.27. The van der Waals surface area contributed by atoms with E-state index in [2.05, 4.69) is 15.4 Å². The second-order valence-electron chi connectivity index (χ2n) is 3.79. The second kappa shape index (κ2) is 4.66. The van der Waals surface area contributed by atoms with Gasteiger partial charge < -0.3 is 11.1 Å². The number of nitrogens with one attached hydrogen (secondary N) is 1. The lowest BCUT2D eigenvalue weighted by Crippen LogP contribution is -2.18. The van der Waals surface area contributed by atoms with E-state index < -0.39 is 0 Å². The number of aryl methyl sites for hydroxylation is 2. The Hall–Kier alpha value is -2.08. The maximum Gasteiger partial charge on any atom is 0.276 e. The molecule has 0 aliphatic carbocycles. The molecule has 0 fully saturated rings. The second-order valence-corrected chi connectivity index (χ2v) is 4.18. The number of halogens is 1. The van der Waals surface area contributed by atoms with Crippen LogP contribution in [0.4, 0.5) is 11.4 Å². The molecule has 0 saturated carbocycles. The molecule has 1 amide bonds. The number of carbonyl (C=O) groups excluding carboxylic acids is 1. The number of nitrogens with two attached hydrogens (primary N) is 1. The summed E-state index contributed by atoms with van der Waals surface area (Å²) in [5, 5.41) is 7.01. The molecule has 3 N–H and O–H groups in total. The van der Waals surface area contributed by atoms with Crippen LogP contribution in [-0.2, 0) is 7.05 Å². The van der Waals surface area contributed by atoms with Crippen molar-refractivity contribution in [3.63, 3.8) is 0 Å². The molecule has 0 atom stereocenters. The van der Waals surface area contributed by atoms with Gasteiger partial charge in [0, 0.05) is 7.05 Å². The summed E-state index contributed by atoms with van der Waals surface area (Å²) in [5.41, 5.74) is 7.54. The van der Waals surface area contributed by atoms with Crippen LogP contribution in [0.2, 0.25) is 5.15 Å². The summed E-state index contributed by atoms with van der Waals surface area (Å²) < 4.78 is 1.42. The molecule has 0 aliphatic rings. The van der Waals surface area contributed by atoms with Crippen LogP contribution in [0.15, 0.2) is 18.3 Å². The highest BCUT2D eigenvalue weighted by atomic mass is 35.5. The van der Waals surface area contributed by atoms with Crippen molar-refractivity contribution in [2.24, 2.45) is 7.05 Å². The van der Waals surface area contributed by atoms with E-state index >= 15 is 0 Å². The molecule has 2 aromatic rings. The number of carbonyl (C=O) groups is 1. The zero-order valence-electron chi connectivity index (χ0n) is 9.94. The van der Waals surface area contributed by atoms with Crippen LogP contribution >= 0.6 is 11.6 Å². The molecule has 2 heterocycles. The molecule has 0 bridgehead atoms. The monoisotopic (exact) mass is 265 g/mol. The normalized spacial score (nSPS) is 10.4. The standard InChI is InChI=1S/C11H12ClN5O/c1-6-8(3-4-9(12)15-6)16-11(18)10-7(13)5-14-17(10)2/h3-5H,13H2,1-2H3,(H,16,18). The van der Waals surface area contributed by atoms with Crippen molar-refractivity contribution in [1.82, 2.24) is 14.8 Å². The number of pyridine rings is 1. The van der Waals surface area contributed by atoms with Crippen LogP contribution in [0.3, 0.4) is 0 Å². The van der Waals surface area contributed by atoms with Crippen LogP contribution in [0.1, 0.15) is 16.2 Å². The molecule has 0 spiro atoms. The third-order valence-corrected chi connectivity index (χ3v) is 2.69. The lowest BCUT2D eigenvalue weighted by molar-refractivity contribution is 0.101. The van der Waals surface area contributed by atoms with Gasteiger partial charge in [-0.3, -0.25) is 9.48 Å². The summed E-state index contributed by atoms with van der Waals surface area (Å²) >= 11 is 5.75. The average Bonchev–Trinajstić information content (AvgIpc) is 2.62. The Labute approximate surface area is 109 Å². The fourth-order valence-electron chi connectivity index (χ4n) is 1.58. The average molecular weight is 266 g/mol. The summed E-state index contributed by atoms with van der Waals surface area (Å²) in [6.07, 6.45) is 1.43. The van der Waals surface area contributed by atoms with Crippen molar-refractivity contribution >= 4 is 28.9 Å². The van der Waals surface area contributed by atoms with Gasteiger partial charge in [0.25, 0.3) is 5.91 Å². The van der Waals surface area contributed by atoms with Gasteiger partial charge in [-0.25, -0.2) is 4.98 Å². The summed E-state index contributed by atoms with van der Waals surface area (Å²) in [4.78, 5) is 16.1. The van der Waals surface area contributed by atoms with Crippen LogP contribution < -0.4 is 11.1 Å². The molecule has 0 aliphatic heterocycles. The van der Waals surface area contributed by atoms with E-state index in [4.69, 9.17) is 17.3 Å². The van der Waals surface area contributed by atoms with Gasteiger partial charge in [0.1, 0.15) is 10.8 Å². The van der Waals surface area contributed by atoms with Gasteiger partial charge in [0.2, 0.25) is 0 Å². The van der Waals surface area contributed by atoms with Crippen LogP contribution in [0.25, 0.3) is 0 Å². The highest BCUT2D eigenvalue weighted by Gasteiger charge is 2.16. The Kier molecular flexibility index (Phi) is 3.20. The van der Waals surface area contributed by atoms with Crippen molar-refractivity contribution in [2.75, 3.05) is 11.1 Å². The van der Waals surface area contributed by atoms with Crippen LogP contribution in [0.5, 0.6) is 0 Å². The number of aromatic nitrogens is 3. The largest absolute Gasteiger partial charge is 0.396 e. The van der Waals surface area contributed by atoms with Crippen molar-refractivity contribution in [2.45, 2.75) is 6.92 Å². The molecule has 94 valence electrons. The number of amides is 1. The third-order valence-electron chi connectivity index (χ3n) is 2.48. The van der Waals surface area contributed by atoms with Gasteiger partial charge in [-0.05, 0) is 19.1 Å². The number of anilines is 2. The molecule has 0 unspecified atom stereocenters. The van der Waals surface area contributed by atoms with E-state index in [1.54, 1.807) is 26.1 Å². The molecule has 0 aromatic carbocycles. The van der Waals surface area contributed by atoms with E-state index in [9.17, 15) is 4.79 Å². The first-order valence-corrected chi connectivity index (χ1v) is 5.59. The summed E-state index contributed by atoms with van der Waals surface area (Å²) in [6, 6.07) is 3.30. The number of hydrogen-bond acceptors (Lipinski definition) is 4. The minimum Gasteiger partial charge on any atom is -0.396 e. The van der Waals surface area contributed by atoms with Crippen molar-refractivity contribution < 1.29 is 4.79 Å². The van der Waals surface area contributed by atoms with E-state index in [0.717, 1.165) is 0 Å². The van der Waals surface area contributed by atoms with Crippen LogP contribution in [-0.4, -0.2) is 20.7 Å². The number of nitrogens with zero attached hydrogens (tertiary/aromatic N) is 3. The first-order chi connectivity index (χ1) is 8.49. The summed E-state index contributed by atoms with van der Waals surface area (Å²) in [6.45, 7) is 1.76. The first kappa shape index (κ1) is 12.4. The molecule has 0 saturated heterocycles. The fourth-order valence-corrected chi connectivity index (χ4v) is 1.77. The van der Waals surface area contributed by atoms with Gasteiger partial charge in [0.15, 0.2) is 0 Å². The van der Waals surface area contributed by atoms with Crippen molar-refractivity contribution in [1.29, 1.82) is 0 Å². The SMILES string of the molecule is Cc1nc(Cl)ccc1NC(=O)c1c(N)cnn1C. The minimum absolute atomic E-state index is 0.310. The Bertz CT molecular complexity index is 588. The maximum absolute atomic E-state index is 12.0. The Morgan fingerprint density at radius 1 is 1.50 bits per heavy atom. The van der Waals surface area contributed by atoms with E-state index in [-0.39, 0.29) is 5.91 Å². The fraction of sp³-hybridized carbons (Fsp3) is 0.182. The zero-order valence-corrected chi connectivity index (χ0v) is 10.7.